The summed E-state index contributed by atoms with van der Waals surface area (Å²) in [5.41, 5.74) is 3.91. The van der Waals surface area contributed by atoms with Crippen LogP contribution in [0.4, 0.5) is 5.95 Å². The van der Waals surface area contributed by atoms with Crippen LogP contribution in [-0.4, -0.2) is 30.4 Å². The smallest absolute Gasteiger partial charge is 0.329 e. The van der Waals surface area contributed by atoms with Gasteiger partial charge in [0.05, 0.1) is 6.21 Å². The zero-order valence-corrected chi connectivity index (χ0v) is 18.1. The lowest BCUT2D eigenvalue weighted by atomic mass is 10.1. The first-order valence-corrected chi connectivity index (χ1v) is 10.2. The third-order valence-electron chi connectivity index (χ3n) is 4.83. The monoisotopic (exact) mass is 482 g/mol. The van der Waals surface area contributed by atoms with Crippen molar-refractivity contribution in [3.05, 3.63) is 85.0 Å². The lowest BCUT2D eigenvalue weighted by Gasteiger charge is -2.08. The molecule has 4 rings (SSSR count). The average molecular weight is 483 g/mol. The van der Waals surface area contributed by atoms with Gasteiger partial charge in [-0.15, -0.1) is 0 Å². The van der Waals surface area contributed by atoms with E-state index in [-0.39, 0.29) is 16.9 Å². The summed E-state index contributed by atoms with van der Waals surface area (Å²) in [5, 5.41) is 14.1. The van der Waals surface area contributed by atoms with Crippen molar-refractivity contribution in [2.24, 2.45) is 12.1 Å². The number of anilines is 1. The summed E-state index contributed by atoms with van der Waals surface area (Å²) in [4.78, 5) is 31.3. The number of aromatic amines is 1. The van der Waals surface area contributed by atoms with E-state index in [1.54, 1.807) is 29.8 Å². The first-order valence-electron chi connectivity index (χ1n) is 9.45. The number of halogens is 1. The molecule has 0 atom stereocenters. The van der Waals surface area contributed by atoms with E-state index >= 15 is 0 Å². The Hall–Kier alpha value is -3.66. The van der Waals surface area contributed by atoms with Crippen molar-refractivity contribution >= 4 is 39.3 Å². The quantitative estimate of drug-likeness (QED) is 0.288. The Bertz CT molecular complexity index is 1390. The predicted molar refractivity (Wildman–Crippen MR) is 123 cm³/mol. The summed E-state index contributed by atoms with van der Waals surface area (Å²) >= 11 is 3.35. The number of rotatable bonds is 6. The molecule has 0 unspecified atom stereocenters. The van der Waals surface area contributed by atoms with E-state index in [4.69, 9.17) is 0 Å². The standard InChI is InChI=1S/C21H19BrN6O3/c1-27-18-17(19(30)25-21(27)31)28(10-9-13-5-3-2-4-6-13)20(24-18)26-23-12-14-11-15(22)7-8-16(14)29/h2-8,11-12,29H,9-10H2,1H3,(H,24,26)(H,25,30,31). The number of nitrogens with zero attached hydrogens (tertiary/aromatic N) is 4. The van der Waals surface area contributed by atoms with Gasteiger partial charge in [0.1, 0.15) is 5.75 Å². The van der Waals surface area contributed by atoms with Crippen LogP contribution in [0.1, 0.15) is 11.1 Å². The van der Waals surface area contributed by atoms with Gasteiger partial charge < -0.3 is 9.67 Å². The first kappa shape index (κ1) is 20.6. The number of aryl methyl sites for hydroxylation is 3. The zero-order valence-electron chi connectivity index (χ0n) is 16.5. The number of phenolic OH excluding ortho intramolecular Hbond substituents is 1. The van der Waals surface area contributed by atoms with Crippen molar-refractivity contribution in [2.45, 2.75) is 13.0 Å². The Morgan fingerprint density at radius 3 is 2.77 bits per heavy atom. The largest absolute Gasteiger partial charge is 0.507 e. The number of hydrogen-bond donors (Lipinski definition) is 3. The van der Waals surface area contributed by atoms with Crippen LogP contribution < -0.4 is 16.7 Å². The van der Waals surface area contributed by atoms with E-state index in [0.717, 1.165) is 10.0 Å². The number of fused-ring (bicyclic) bond motifs is 1. The normalized spacial score (nSPS) is 11.4. The minimum Gasteiger partial charge on any atom is -0.507 e. The Kier molecular flexibility index (Phi) is 5.72. The number of hydrogen-bond acceptors (Lipinski definition) is 6. The van der Waals surface area contributed by atoms with Crippen molar-refractivity contribution in [1.29, 1.82) is 0 Å². The first-order chi connectivity index (χ1) is 14.9. The Balaban J connectivity index is 1.72. The van der Waals surface area contributed by atoms with Gasteiger partial charge in [0.15, 0.2) is 11.2 Å². The van der Waals surface area contributed by atoms with Gasteiger partial charge in [-0.2, -0.15) is 10.1 Å². The van der Waals surface area contributed by atoms with E-state index in [9.17, 15) is 14.7 Å². The second-order valence-electron chi connectivity index (χ2n) is 6.89. The highest BCUT2D eigenvalue weighted by atomic mass is 79.9. The molecule has 31 heavy (non-hydrogen) atoms. The van der Waals surface area contributed by atoms with Crippen molar-refractivity contribution in [3.8, 4) is 5.75 Å². The molecule has 0 aliphatic heterocycles. The van der Waals surface area contributed by atoms with Gasteiger partial charge >= 0.3 is 5.69 Å². The number of nitrogens with one attached hydrogen (secondary N) is 2. The number of hydrazone groups is 1. The second kappa shape index (κ2) is 8.60. The summed E-state index contributed by atoms with van der Waals surface area (Å²) in [6.45, 7) is 0.446. The predicted octanol–water partition coefficient (Wildman–Crippen LogP) is 2.58. The SMILES string of the molecule is Cn1c(=O)[nH]c(=O)c2c1nc(NN=Cc1cc(Br)ccc1O)n2CCc1ccccc1. The number of phenols is 1. The molecule has 0 aliphatic rings. The summed E-state index contributed by atoms with van der Waals surface area (Å²) in [6.07, 6.45) is 2.10. The fraction of sp³-hybridized carbons (Fsp3) is 0.143. The molecule has 3 N–H and O–H groups in total. The Morgan fingerprint density at radius 1 is 1.23 bits per heavy atom. The lowest BCUT2D eigenvalue weighted by molar-refractivity contribution is 0.474. The van der Waals surface area contributed by atoms with Crippen LogP contribution in [0.5, 0.6) is 5.75 Å². The van der Waals surface area contributed by atoms with Crippen LogP contribution in [0.2, 0.25) is 0 Å². The van der Waals surface area contributed by atoms with Gasteiger partial charge in [-0.1, -0.05) is 46.3 Å². The molecule has 0 aliphatic carbocycles. The highest BCUT2D eigenvalue weighted by molar-refractivity contribution is 9.10. The van der Waals surface area contributed by atoms with Crippen molar-refractivity contribution in [3.63, 3.8) is 0 Å². The number of benzene rings is 2. The maximum absolute atomic E-state index is 12.5. The third kappa shape index (κ3) is 4.29. The van der Waals surface area contributed by atoms with Crippen LogP contribution >= 0.6 is 15.9 Å². The maximum atomic E-state index is 12.5. The molecule has 10 heteroatoms. The van der Waals surface area contributed by atoms with E-state index in [2.05, 4.69) is 36.4 Å². The van der Waals surface area contributed by atoms with E-state index in [1.807, 2.05) is 30.3 Å². The van der Waals surface area contributed by atoms with Gasteiger partial charge in [-0.05, 0) is 30.2 Å². The minimum atomic E-state index is -0.542. The Labute approximate surface area is 184 Å². The molecule has 2 aromatic heterocycles. The van der Waals surface area contributed by atoms with Gasteiger partial charge in [-0.25, -0.2) is 10.2 Å². The Morgan fingerprint density at radius 2 is 2.00 bits per heavy atom. The van der Waals surface area contributed by atoms with Crippen LogP contribution in [0, 0.1) is 0 Å². The molecule has 0 amide bonds. The molecule has 0 saturated carbocycles. The summed E-state index contributed by atoms with van der Waals surface area (Å²) in [7, 11) is 1.54. The summed E-state index contributed by atoms with van der Waals surface area (Å²) < 4.78 is 3.77. The highest BCUT2D eigenvalue weighted by Crippen LogP contribution is 2.21. The molecular weight excluding hydrogens is 464 g/mol. The average Bonchev–Trinajstić information content (AvgIpc) is 3.13. The lowest BCUT2D eigenvalue weighted by Crippen LogP contribution is -2.29. The summed E-state index contributed by atoms with van der Waals surface area (Å²) in [5.74, 6) is 0.383. The van der Waals surface area contributed by atoms with Gasteiger partial charge in [-0.3, -0.25) is 14.3 Å². The molecule has 0 radical (unpaired) electrons. The molecule has 2 aromatic carbocycles. The molecule has 0 fully saturated rings. The molecular formula is C21H19BrN6O3. The van der Waals surface area contributed by atoms with Crippen molar-refractivity contribution in [1.82, 2.24) is 19.1 Å². The third-order valence-corrected chi connectivity index (χ3v) is 5.32. The van der Waals surface area contributed by atoms with Crippen LogP contribution in [0.25, 0.3) is 11.2 Å². The zero-order chi connectivity index (χ0) is 22.0. The number of imidazole rings is 1. The van der Waals surface area contributed by atoms with Gasteiger partial charge in [0, 0.05) is 23.6 Å². The number of aromatic hydroxyl groups is 1. The number of H-pyrrole nitrogens is 1. The minimum absolute atomic E-state index is 0.0742. The molecule has 0 saturated heterocycles. The second-order valence-corrected chi connectivity index (χ2v) is 7.80. The molecule has 0 bridgehead atoms. The van der Waals surface area contributed by atoms with Crippen LogP contribution in [-0.2, 0) is 20.0 Å². The van der Waals surface area contributed by atoms with E-state index in [1.165, 1.54) is 10.8 Å². The maximum Gasteiger partial charge on any atom is 0.329 e. The summed E-state index contributed by atoms with van der Waals surface area (Å²) in [6, 6.07) is 14.8. The van der Waals surface area contributed by atoms with Crippen molar-refractivity contribution < 1.29 is 5.11 Å². The van der Waals surface area contributed by atoms with Crippen LogP contribution in [0.15, 0.2) is 67.7 Å². The van der Waals surface area contributed by atoms with E-state index in [0.29, 0.717) is 24.5 Å². The number of aromatic nitrogens is 4. The van der Waals surface area contributed by atoms with Gasteiger partial charge in [0.2, 0.25) is 5.95 Å². The van der Waals surface area contributed by atoms with Crippen LogP contribution in [0.3, 0.4) is 0 Å². The molecule has 158 valence electrons. The molecule has 9 nitrogen and oxygen atoms in total. The molecule has 0 spiro atoms. The topological polar surface area (TPSA) is 117 Å². The molecule has 4 aromatic rings. The fourth-order valence-electron chi connectivity index (χ4n) is 3.21. The molecule has 2 heterocycles. The highest BCUT2D eigenvalue weighted by Gasteiger charge is 2.17. The fourth-order valence-corrected chi connectivity index (χ4v) is 3.59. The van der Waals surface area contributed by atoms with E-state index < -0.39 is 11.2 Å². The van der Waals surface area contributed by atoms with Crippen molar-refractivity contribution in [2.75, 3.05) is 5.43 Å². The van der Waals surface area contributed by atoms with Gasteiger partial charge in [0.25, 0.3) is 5.56 Å².